The zero-order valence-corrected chi connectivity index (χ0v) is 17.4. The molecule has 2 aromatic carbocycles. The van der Waals surface area contributed by atoms with E-state index in [-0.39, 0.29) is 17.4 Å². The molecule has 158 valence electrons. The van der Waals surface area contributed by atoms with Crippen molar-refractivity contribution in [1.82, 2.24) is 30.1 Å². The van der Waals surface area contributed by atoms with Gasteiger partial charge >= 0.3 is 0 Å². The molecular formula is C24H26N6O. The topological polar surface area (TPSA) is 66.3 Å². The van der Waals surface area contributed by atoms with E-state index in [9.17, 15) is 4.79 Å². The second-order valence-electron chi connectivity index (χ2n) is 9.09. The van der Waals surface area contributed by atoms with Crippen molar-refractivity contribution in [1.29, 1.82) is 0 Å². The van der Waals surface area contributed by atoms with E-state index in [1.807, 2.05) is 30.3 Å². The molecule has 4 bridgehead atoms. The van der Waals surface area contributed by atoms with Crippen LogP contribution < -0.4 is 5.32 Å². The second-order valence-corrected chi connectivity index (χ2v) is 9.09. The van der Waals surface area contributed by atoms with E-state index < -0.39 is 0 Å². The lowest BCUT2D eigenvalue weighted by Gasteiger charge is -2.55. The first-order chi connectivity index (χ1) is 15.2. The van der Waals surface area contributed by atoms with Crippen LogP contribution in [0.2, 0.25) is 0 Å². The Morgan fingerprint density at radius 2 is 1.58 bits per heavy atom. The van der Waals surface area contributed by atoms with Gasteiger partial charge in [0, 0.05) is 56.6 Å². The van der Waals surface area contributed by atoms with Crippen LogP contribution in [-0.4, -0.2) is 76.0 Å². The summed E-state index contributed by atoms with van der Waals surface area (Å²) in [4.78, 5) is 18.5. The third-order valence-electron chi connectivity index (χ3n) is 7.18. The Kier molecular flexibility index (Phi) is 4.40. The van der Waals surface area contributed by atoms with Crippen LogP contribution in [0.5, 0.6) is 0 Å². The molecule has 7 heteroatoms. The summed E-state index contributed by atoms with van der Waals surface area (Å²) in [5, 5.41) is 11.7. The van der Waals surface area contributed by atoms with E-state index in [0.29, 0.717) is 11.6 Å². The Labute approximate surface area is 181 Å². The van der Waals surface area contributed by atoms with Crippen LogP contribution in [0.3, 0.4) is 0 Å². The summed E-state index contributed by atoms with van der Waals surface area (Å²) < 4.78 is 1.65. The van der Waals surface area contributed by atoms with Crippen LogP contribution in [0, 0.1) is 5.92 Å². The zero-order chi connectivity index (χ0) is 20.8. The van der Waals surface area contributed by atoms with Gasteiger partial charge in [-0.05, 0) is 17.7 Å². The third kappa shape index (κ3) is 3.16. The molecule has 7 nitrogen and oxygen atoms in total. The molecule has 4 aliphatic rings. The smallest absolute Gasteiger partial charge is 0.273 e. The standard InChI is InChI=1S/C24H26N6O/c31-23(21-15-30(27-26-21)20-9-5-2-6-10-20)25-22-18-13-28-11-12-29(14-18)17-24(22,16-28)19-7-3-1-4-8-19/h1-10,15,18,22H,11-14,16-17H2,(H,25,31). The first kappa shape index (κ1) is 18.7. The Morgan fingerprint density at radius 1 is 0.935 bits per heavy atom. The monoisotopic (exact) mass is 414 g/mol. The number of nitrogens with one attached hydrogen (secondary N) is 1. The predicted molar refractivity (Wildman–Crippen MR) is 117 cm³/mol. The Hall–Kier alpha value is -3.03. The third-order valence-corrected chi connectivity index (χ3v) is 7.18. The first-order valence-corrected chi connectivity index (χ1v) is 11.0. The van der Waals surface area contributed by atoms with Crippen molar-refractivity contribution < 1.29 is 4.79 Å². The van der Waals surface area contributed by atoms with Gasteiger partial charge < -0.3 is 15.1 Å². The number of fused-ring (bicyclic) bond motifs is 1. The Balaban J connectivity index is 1.32. The van der Waals surface area contributed by atoms with Gasteiger partial charge in [-0.15, -0.1) is 5.10 Å². The van der Waals surface area contributed by atoms with Crippen molar-refractivity contribution in [3.8, 4) is 5.69 Å². The lowest BCUT2D eigenvalue weighted by atomic mass is 9.64. The number of hydrogen-bond acceptors (Lipinski definition) is 5. The molecule has 4 saturated heterocycles. The Morgan fingerprint density at radius 3 is 2.26 bits per heavy atom. The summed E-state index contributed by atoms with van der Waals surface area (Å²) in [7, 11) is 0. The molecule has 1 amide bonds. The molecule has 3 atom stereocenters. The van der Waals surface area contributed by atoms with Crippen molar-refractivity contribution in [2.75, 3.05) is 39.3 Å². The maximum absolute atomic E-state index is 13.3. The summed E-state index contributed by atoms with van der Waals surface area (Å²) in [5.74, 6) is 0.261. The molecule has 4 fully saturated rings. The number of carbonyl (C=O) groups is 1. The second kappa shape index (κ2) is 7.28. The molecule has 4 aliphatic heterocycles. The largest absolute Gasteiger partial charge is 0.346 e. The van der Waals surface area contributed by atoms with E-state index in [4.69, 9.17) is 0 Å². The summed E-state index contributed by atoms with van der Waals surface area (Å²) in [6, 6.07) is 20.6. The minimum Gasteiger partial charge on any atom is -0.346 e. The van der Waals surface area contributed by atoms with E-state index in [1.165, 1.54) is 5.56 Å². The van der Waals surface area contributed by atoms with Gasteiger partial charge in [0.05, 0.1) is 11.9 Å². The minimum atomic E-state index is -0.140. The van der Waals surface area contributed by atoms with Gasteiger partial charge in [0.15, 0.2) is 5.69 Å². The molecule has 0 saturated carbocycles. The molecule has 5 heterocycles. The van der Waals surface area contributed by atoms with Crippen LogP contribution in [0.4, 0.5) is 0 Å². The lowest BCUT2D eigenvalue weighted by Crippen LogP contribution is -2.70. The quantitative estimate of drug-likeness (QED) is 0.702. The van der Waals surface area contributed by atoms with Gasteiger partial charge in [-0.1, -0.05) is 53.7 Å². The fraction of sp³-hybridized carbons (Fsp3) is 0.375. The van der Waals surface area contributed by atoms with E-state index >= 15 is 0 Å². The van der Waals surface area contributed by atoms with E-state index in [2.05, 4.69) is 55.8 Å². The molecule has 31 heavy (non-hydrogen) atoms. The molecule has 1 N–H and O–H groups in total. The minimum absolute atomic E-state index is 0.0786. The first-order valence-electron chi connectivity index (χ1n) is 11.0. The van der Waals surface area contributed by atoms with Gasteiger partial charge in [-0.25, -0.2) is 4.68 Å². The van der Waals surface area contributed by atoms with Crippen molar-refractivity contribution in [3.63, 3.8) is 0 Å². The molecule has 0 spiro atoms. The number of para-hydroxylation sites is 1. The maximum atomic E-state index is 13.3. The highest BCUT2D eigenvalue weighted by molar-refractivity contribution is 5.92. The zero-order valence-electron chi connectivity index (χ0n) is 17.4. The number of carbonyl (C=O) groups excluding carboxylic acids is 1. The molecule has 3 unspecified atom stereocenters. The molecule has 7 rings (SSSR count). The van der Waals surface area contributed by atoms with Crippen LogP contribution in [0.15, 0.2) is 66.9 Å². The summed E-state index contributed by atoms with van der Waals surface area (Å²) >= 11 is 0. The predicted octanol–water partition coefficient (Wildman–Crippen LogP) is 1.56. The molecule has 1 aromatic heterocycles. The van der Waals surface area contributed by atoms with Gasteiger partial charge in [0.1, 0.15) is 0 Å². The summed E-state index contributed by atoms with van der Waals surface area (Å²) in [6.07, 6.45) is 1.72. The van der Waals surface area contributed by atoms with Crippen LogP contribution in [-0.2, 0) is 5.41 Å². The van der Waals surface area contributed by atoms with Crippen molar-refractivity contribution in [3.05, 3.63) is 78.1 Å². The van der Waals surface area contributed by atoms with E-state index in [0.717, 1.165) is 45.0 Å². The molecule has 0 radical (unpaired) electrons. The van der Waals surface area contributed by atoms with Gasteiger partial charge in [-0.3, -0.25) is 4.79 Å². The van der Waals surface area contributed by atoms with Gasteiger partial charge in [-0.2, -0.15) is 0 Å². The van der Waals surface area contributed by atoms with Crippen molar-refractivity contribution in [2.24, 2.45) is 5.92 Å². The van der Waals surface area contributed by atoms with Gasteiger partial charge in [0.25, 0.3) is 5.91 Å². The number of rotatable bonds is 4. The summed E-state index contributed by atoms with van der Waals surface area (Å²) in [5.41, 5.74) is 2.46. The van der Waals surface area contributed by atoms with Crippen LogP contribution in [0.1, 0.15) is 16.1 Å². The van der Waals surface area contributed by atoms with Crippen LogP contribution in [0.25, 0.3) is 5.69 Å². The fourth-order valence-corrected chi connectivity index (χ4v) is 5.86. The van der Waals surface area contributed by atoms with Crippen molar-refractivity contribution >= 4 is 5.91 Å². The molecule has 3 aromatic rings. The number of amides is 1. The number of hydrogen-bond donors (Lipinski definition) is 1. The highest BCUT2D eigenvalue weighted by Gasteiger charge is 2.55. The highest BCUT2D eigenvalue weighted by atomic mass is 16.2. The lowest BCUT2D eigenvalue weighted by molar-refractivity contribution is 0.0179. The highest BCUT2D eigenvalue weighted by Crippen LogP contribution is 2.43. The maximum Gasteiger partial charge on any atom is 0.273 e. The average Bonchev–Trinajstić information content (AvgIpc) is 3.17. The number of aromatic nitrogens is 3. The van der Waals surface area contributed by atoms with Crippen LogP contribution >= 0.6 is 0 Å². The molecule has 0 aliphatic carbocycles. The summed E-state index contributed by atoms with van der Waals surface area (Å²) in [6.45, 7) is 6.24. The molecular weight excluding hydrogens is 388 g/mol. The van der Waals surface area contributed by atoms with E-state index in [1.54, 1.807) is 10.9 Å². The SMILES string of the molecule is O=C(NC1C2CN3CCN(C2)CC1(c1ccccc1)C3)c1cn(-c2ccccc2)nn1. The van der Waals surface area contributed by atoms with Crippen molar-refractivity contribution in [2.45, 2.75) is 11.5 Å². The Bertz CT molecular complexity index is 1070. The fourth-order valence-electron chi connectivity index (χ4n) is 5.86. The normalized spacial score (nSPS) is 31.4. The average molecular weight is 415 g/mol. The number of piperidine rings is 2. The van der Waals surface area contributed by atoms with Gasteiger partial charge in [0.2, 0.25) is 0 Å². The number of nitrogens with zero attached hydrogens (tertiary/aromatic N) is 5. The number of benzene rings is 2.